The number of benzene rings is 3. The Bertz CT molecular complexity index is 1700. The van der Waals surface area contributed by atoms with Crippen LogP contribution in [0.5, 0.6) is 5.88 Å². The summed E-state index contributed by atoms with van der Waals surface area (Å²) in [7, 11) is 3.48. The highest BCUT2D eigenvalue weighted by atomic mass is 16.5. The SMILES string of the molecule is COC(=O)c1ccc2c(C(=Nc3ccc(-c4nc(CN5CCN(C)CC5)co4)cc3)c3ccccc3)c(O)[nH]c2c1. The number of carbonyl (C=O) groups is 1. The predicted octanol–water partition coefficient (Wildman–Crippen LogP) is 5.23. The number of hydrogen-bond acceptors (Lipinski definition) is 8. The van der Waals surface area contributed by atoms with Crippen LogP contribution in [0.25, 0.3) is 22.4 Å². The number of H-pyrrole nitrogens is 1. The quantitative estimate of drug-likeness (QED) is 0.211. The highest BCUT2D eigenvalue weighted by molar-refractivity contribution is 6.22. The summed E-state index contributed by atoms with van der Waals surface area (Å²) in [4.78, 5) is 29.4. The predicted molar refractivity (Wildman–Crippen MR) is 158 cm³/mol. The number of likely N-dealkylation sites (N-methyl/N-ethyl adjacent to an activating group) is 1. The Labute approximate surface area is 237 Å². The first-order valence-electron chi connectivity index (χ1n) is 13.5. The van der Waals surface area contributed by atoms with Crippen molar-refractivity contribution in [3.05, 3.63) is 101 Å². The normalized spacial score (nSPS) is 14.9. The van der Waals surface area contributed by atoms with Crippen LogP contribution in [-0.4, -0.2) is 76.9 Å². The van der Waals surface area contributed by atoms with Gasteiger partial charge in [0.1, 0.15) is 6.26 Å². The number of ether oxygens (including phenoxy) is 1. The first-order chi connectivity index (χ1) is 20.0. The fourth-order valence-electron chi connectivity index (χ4n) is 5.08. The zero-order valence-electron chi connectivity index (χ0n) is 23.0. The van der Waals surface area contributed by atoms with Crippen LogP contribution in [0.1, 0.15) is 27.2 Å². The van der Waals surface area contributed by atoms with Crippen molar-refractivity contribution in [1.29, 1.82) is 0 Å². The Kier molecular flexibility index (Phi) is 7.37. The van der Waals surface area contributed by atoms with Gasteiger partial charge in [0.15, 0.2) is 5.88 Å². The summed E-state index contributed by atoms with van der Waals surface area (Å²) < 4.78 is 10.7. The van der Waals surface area contributed by atoms with E-state index in [2.05, 4.69) is 21.8 Å². The highest BCUT2D eigenvalue weighted by Gasteiger charge is 2.20. The molecule has 1 aliphatic rings. The molecule has 0 spiro atoms. The number of aromatic nitrogens is 2. The van der Waals surface area contributed by atoms with Gasteiger partial charge >= 0.3 is 5.97 Å². The van der Waals surface area contributed by atoms with Crippen molar-refractivity contribution < 1.29 is 19.1 Å². The zero-order chi connectivity index (χ0) is 28.3. The van der Waals surface area contributed by atoms with Gasteiger partial charge in [0.2, 0.25) is 5.89 Å². The number of hydrogen-bond donors (Lipinski definition) is 2. The van der Waals surface area contributed by atoms with E-state index in [1.165, 1.54) is 7.11 Å². The molecular weight excluding hydrogens is 518 g/mol. The second-order valence-electron chi connectivity index (χ2n) is 10.2. The molecular formula is C32H31N5O4. The van der Waals surface area contributed by atoms with Crippen LogP contribution in [0.3, 0.4) is 0 Å². The second kappa shape index (κ2) is 11.4. The standard InChI is InChI=1S/C32H31N5O4/c1-36-14-16-37(17-15-36)19-25-20-41-31(34-25)22-8-11-24(12-9-22)33-29(21-6-4-3-5-7-21)28-26-13-10-23(32(39)40-2)18-27(26)35-30(28)38/h3-13,18,20,35,38H,14-17,19H2,1-2H3. The lowest BCUT2D eigenvalue weighted by Gasteiger charge is -2.31. The van der Waals surface area contributed by atoms with E-state index in [1.807, 2.05) is 54.6 Å². The van der Waals surface area contributed by atoms with E-state index in [0.717, 1.165) is 54.9 Å². The van der Waals surface area contributed by atoms with E-state index < -0.39 is 5.97 Å². The molecule has 0 radical (unpaired) electrons. The maximum absolute atomic E-state index is 12.0. The van der Waals surface area contributed by atoms with Crippen LogP contribution in [0, 0.1) is 0 Å². The van der Waals surface area contributed by atoms with Crippen LogP contribution in [0.15, 0.2) is 88.5 Å². The Hall–Kier alpha value is -4.73. The van der Waals surface area contributed by atoms with Crippen LogP contribution < -0.4 is 0 Å². The summed E-state index contributed by atoms with van der Waals surface area (Å²) in [6.45, 7) is 4.93. The molecule has 5 aromatic rings. The molecule has 3 heterocycles. The van der Waals surface area contributed by atoms with Gasteiger partial charge in [-0.05, 0) is 43.4 Å². The topological polar surface area (TPSA) is 107 Å². The minimum Gasteiger partial charge on any atom is -0.494 e. The molecule has 9 heteroatoms. The van der Waals surface area contributed by atoms with Gasteiger partial charge in [0.05, 0.1) is 35.3 Å². The van der Waals surface area contributed by atoms with Gasteiger partial charge in [-0.1, -0.05) is 36.4 Å². The van der Waals surface area contributed by atoms with Crippen LogP contribution in [0.2, 0.25) is 0 Å². The molecule has 6 rings (SSSR count). The minimum atomic E-state index is -0.447. The molecule has 0 bridgehead atoms. The summed E-state index contributed by atoms with van der Waals surface area (Å²) in [6, 6.07) is 22.5. The van der Waals surface area contributed by atoms with E-state index in [4.69, 9.17) is 19.1 Å². The molecule has 208 valence electrons. The number of esters is 1. The smallest absolute Gasteiger partial charge is 0.337 e. The van der Waals surface area contributed by atoms with E-state index in [-0.39, 0.29) is 5.88 Å². The van der Waals surface area contributed by atoms with Crippen molar-refractivity contribution in [3.8, 4) is 17.3 Å². The van der Waals surface area contributed by atoms with Gasteiger partial charge in [0, 0.05) is 54.8 Å². The second-order valence-corrected chi connectivity index (χ2v) is 10.2. The number of nitrogens with one attached hydrogen (secondary N) is 1. The summed E-state index contributed by atoms with van der Waals surface area (Å²) in [5, 5.41) is 11.7. The lowest BCUT2D eigenvalue weighted by Crippen LogP contribution is -2.43. The summed E-state index contributed by atoms with van der Waals surface area (Å²) in [5.41, 5.74) is 5.47. The molecule has 3 aromatic carbocycles. The fraction of sp³-hybridized carbons (Fsp3) is 0.219. The molecule has 1 fully saturated rings. The van der Waals surface area contributed by atoms with Crippen molar-refractivity contribution >= 4 is 28.3 Å². The molecule has 2 N–H and O–H groups in total. The van der Waals surface area contributed by atoms with E-state index in [0.29, 0.717) is 33.9 Å². The Balaban J connectivity index is 1.30. The number of fused-ring (bicyclic) bond motifs is 1. The van der Waals surface area contributed by atoms with Gasteiger partial charge in [-0.25, -0.2) is 14.8 Å². The number of aromatic hydroxyl groups is 1. The molecule has 0 atom stereocenters. The summed E-state index contributed by atoms with van der Waals surface area (Å²) >= 11 is 0. The van der Waals surface area contributed by atoms with Gasteiger partial charge in [-0.2, -0.15) is 0 Å². The first-order valence-corrected chi connectivity index (χ1v) is 13.5. The van der Waals surface area contributed by atoms with Crippen molar-refractivity contribution in [2.24, 2.45) is 4.99 Å². The number of methoxy groups -OCH3 is 1. The van der Waals surface area contributed by atoms with Crippen molar-refractivity contribution in [2.75, 3.05) is 40.3 Å². The Morgan fingerprint density at radius 3 is 2.51 bits per heavy atom. The average molecular weight is 550 g/mol. The van der Waals surface area contributed by atoms with Crippen molar-refractivity contribution in [2.45, 2.75) is 6.54 Å². The van der Waals surface area contributed by atoms with Crippen LogP contribution in [-0.2, 0) is 11.3 Å². The molecule has 1 aliphatic heterocycles. The lowest BCUT2D eigenvalue weighted by atomic mass is 10.00. The molecule has 0 unspecified atom stereocenters. The number of aliphatic imine (C=N–C) groups is 1. The summed E-state index contributed by atoms with van der Waals surface area (Å²) in [6.07, 6.45) is 1.73. The van der Waals surface area contributed by atoms with Gasteiger partial charge in [-0.3, -0.25) is 4.90 Å². The number of oxazole rings is 1. The third-order valence-corrected chi connectivity index (χ3v) is 7.37. The molecule has 1 saturated heterocycles. The largest absolute Gasteiger partial charge is 0.494 e. The molecule has 0 amide bonds. The number of carbonyl (C=O) groups excluding carboxylic acids is 1. The fourth-order valence-corrected chi connectivity index (χ4v) is 5.08. The van der Waals surface area contributed by atoms with Gasteiger partial charge < -0.3 is 24.1 Å². The maximum atomic E-state index is 12.0. The number of nitrogens with zero attached hydrogens (tertiary/aromatic N) is 4. The number of piperazine rings is 1. The Morgan fingerprint density at radius 1 is 1.02 bits per heavy atom. The van der Waals surface area contributed by atoms with Crippen molar-refractivity contribution in [1.82, 2.24) is 19.8 Å². The number of rotatable bonds is 7. The van der Waals surface area contributed by atoms with E-state index in [1.54, 1.807) is 24.5 Å². The van der Waals surface area contributed by atoms with Crippen LogP contribution >= 0.6 is 0 Å². The summed E-state index contributed by atoms with van der Waals surface area (Å²) in [5.74, 6) is 0.0922. The highest BCUT2D eigenvalue weighted by Crippen LogP contribution is 2.33. The van der Waals surface area contributed by atoms with Gasteiger partial charge in [0.25, 0.3) is 0 Å². The monoisotopic (exact) mass is 549 g/mol. The van der Waals surface area contributed by atoms with Gasteiger partial charge in [-0.15, -0.1) is 0 Å². The van der Waals surface area contributed by atoms with Crippen molar-refractivity contribution in [3.63, 3.8) is 0 Å². The third kappa shape index (κ3) is 5.63. The lowest BCUT2D eigenvalue weighted by molar-refractivity contribution is 0.0601. The first kappa shape index (κ1) is 26.5. The molecule has 41 heavy (non-hydrogen) atoms. The number of aromatic amines is 1. The van der Waals surface area contributed by atoms with E-state index in [9.17, 15) is 9.90 Å². The molecule has 2 aromatic heterocycles. The molecule has 9 nitrogen and oxygen atoms in total. The minimum absolute atomic E-state index is 0.0334. The van der Waals surface area contributed by atoms with Crippen LogP contribution in [0.4, 0.5) is 5.69 Å². The maximum Gasteiger partial charge on any atom is 0.337 e. The van der Waals surface area contributed by atoms with E-state index >= 15 is 0 Å². The molecule has 0 saturated carbocycles. The molecule has 0 aliphatic carbocycles. The third-order valence-electron chi connectivity index (χ3n) is 7.37. The average Bonchev–Trinajstić information content (AvgIpc) is 3.60. The zero-order valence-corrected chi connectivity index (χ0v) is 23.0. The Morgan fingerprint density at radius 2 is 1.78 bits per heavy atom.